The first-order chi connectivity index (χ1) is 7.38. The summed E-state index contributed by atoms with van der Waals surface area (Å²) in [7, 11) is 0. The molecule has 0 radical (unpaired) electrons. The van der Waals surface area contributed by atoms with Gasteiger partial charge in [-0.2, -0.15) is 0 Å². The number of carbonyl (C=O) groups is 2. The molecule has 0 fully saturated rings. The summed E-state index contributed by atoms with van der Waals surface area (Å²) in [6.07, 6.45) is 0.0741. The van der Waals surface area contributed by atoms with E-state index in [-0.39, 0.29) is 37.6 Å². The van der Waals surface area contributed by atoms with Crippen LogP contribution in [0.1, 0.15) is 22.2 Å². The van der Waals surface area contributed by atoms with Crippen LogP contribution >= 0.6 is 0 Å². The van der Waals surface area contributed by atoms with Crippen LogP contribution in [0.2, 0.25) is 0 Å². The molecule has 0 aliphatic carbocycles. The number of carboxylic acid groups (broad SMARTS) is 1. The van der Waals surface area contributed by atoms with Crippen LogP contribution in [0.4, 0.5) is 0 Å². The molecule has 94 valence electrons. The molecule has 7 heteroatoms. The topological polar surface area (TPSA) is 95.9 Å². The maximum absolute atomic E-state index is 11.0. The molecule has 3 N–H and O–H groups in total. The van der Waals surface area contributed by atoms with Crippen LogP contribution in [0.25, 0.3) is 0 Å². The third kappa shape index (κ3) is 8.20. The van der Waals surface area contributed by atoms with Crippen molar-refractivity contribution < 1.29 is 55.5 Å². The Bertz CT molecular complexity index is 296. The first-order valence-corrected chi connectivity index (χ1v) is 4.91. The zero-order valence-corrected chi connectivity index (χ0v) is 12.6. The quantitative estimate of drug-likeness (QED) is 0.266. The Kier molecular flexibility index (Phi) is 10.5. The van der Waals surface area contributed by atoms with E-state index in [0.29, 0.717) is 5.70 Å². The second kappa shape index (κ2) is 9.47. The zero-order valence-electron chi connectivity index (χ0n) is 11.6. The van der Waals surface area contributed by atoms with Gasteiger partial charge in [0.25, 0.3) is 0 Å². The minimum atomic E-state index is -1.19. The number of carboxylic acids is 1. The molecule has 0 saturated carbocycles. The number of ether oxygens (including phenoxy) is 1. The third-order valence-corrected chi connectivity index (χ3v) is 1.75. The summed E-state index contributed by atoms with van der Waals surface area (Å²) in [5, 5.41) is 20.5. The van der Waals surface area contributed by atoms with Crippen LogP contribution in [0.5, 0.6) is 0 Å². The van der Waals surface area contributed by atoms with Crippen molar-refractivity contribution in [1.82, 2.24) is 5.32 Å². The van der Waals surface area contributed by atoms with Gasteiger partial charge < -0.3 is 21.7 Å². The normalized spacial score (nSPS) is 14.2. The van der Waals surface area contributed by atoms with E-state index < -0.39 is 24.1 Å². The molecule has 17 heavy (non-hydrogen) atoms. The standard InChI is InChI=1S/C10H17NO5.Na.H/c1-4-16-8(13)5-6(2)11-9(7(3)12)10(14)15;;/h5,7,9,11-12H,4H2,1-3H3,(H,14,15);;/q;+1;-1/b6-5+;;/t7?,9-;;/m0../s1. The van der Waals surface area contributed by atoms with E-state index in [2.05, 4.69) is 10.1 Å². The SMILES string of the molecule is CCOC(=O)/C=C(\C)N[C@H](C(=O)O)C(C)O.[H-].[Na+]. The van der Waals surface area contributed by atoms with Crippen molar-refractivity contribution in [2.45, 2.75) is 32.9 Å². The van der Waals surface area contributed by atoms with Crippen molar-refractivity contribution in [2.24, 2.45) is 0 Å². The summed E-state index contributed by atoms with van der Waals surface area (Å²) in [5.74, 6) is -1.74. The number of hydrogen-bond donors (Lipinski definition) is 3. The molecule has 0 bridgehead atoms. The Labute approximate surface area is 124 Å². The Hall–Kier alpha value is -0.560. The van der Waals surface area contributed by atoms with Gasteiger partial charge in [0.2, 0.25) is 0 Å². The molecule has 0 aromatic heterocycles. The van der Waals surface area contributed by atoms with Gasteiger partial charge in [-0.1, -0.05) is 0 Å². The molecule has 0 aromatic carbocycles. The molecule has 2 atom stereocenters. The molecule has 1 unspecified atom stereocenters. The van der Waals surface area contributed by atoms with Crippen molar-refractivity contribution >= 4 is 11.9 Å². The van der Waals surface area contributed by atoms with Crippen molar-refractivity contribution in [3.63, 3.8) is 0 Å². The summed E-state index contributed by atoms with van der Waals surface area (Å²) >= 11 is 0. The molecular formula is C10H18NNaO5. The van der Waals surface area contributed by atoms with Gasteiger partial charge in [-0.25, -0.2) is 9.59 Å². The van der Waals surface area contributed by atoms with Crippen molar-refractivity contribution in [2.75, 3.05) is 6.61 Å². The van der Waals surface area contributed by atoms with Crippen LogP contribution in [0.15, 0.2) is 11.8 Å². The van der Waals surface area contributed by atoms with Crippen molar-refractivity contribution in [1.29, 1.82) is 0 Å². The van der Waals surface area contributed by atoms with Crippen LogP contribution in [0, 0.1) is 0 Å². The van der Waals surface area contributed by atoms with Crippen LogP contribution < -0.4 is 34.9 Å². The zero-order chi connectivity index (χ0) is 12.7. The Morgan fingerprint density at radius 1 is 1.53 bits per heavy atom. The molecular weight excluding hydrogens is 237 g/mol. The van der Waals surface area contributed by atoms with Gasteiger partial charge in [-0.3, -0.25) is 0 Å². The summed E-state index contributed by atoms with van der Waals surface area (Å²) in [6.45, 7) is 4.80. The molecule has 0 saturated heterocycles. The molecule has 0 aliphatic rings. The largest absolute Gasteiger partial charge is 1.00 e. The van der Waals surface area contributed by atoms with Crippen LogP contribution in [0.3, 0.4) is 0 Å². The number of aliphatic hydroxyl groups is 1. The molecule has 6 nitrogen and oxygen atoms in total. The first kappa shape index (κ1) is 18.8. The van der Waals surface area contributed by atoms with E-state index in [1.165, 1.54) is 13.8 Å². The Morgan fingerprint density at radius 2 is 2.06 bits per heavy atom. The molecule has 0 heterocycles. The van der Waals surface area contributed by atoms with Gasteiger partial charge in [-0.05, 0) is 20.8 Å². The summed E-state index contributed by atoms with van der Waals surface area (Å²) in [4.78, 5) is 21.7. The third-order valence-electron chi connectivity index (χ3n) is 1.75. The van der Waals surface area contributed by atoms with Crippen LogP contribution in [-0.4, -0.2) is 40.9 Å². The minimum absolute atomic E-state index is 0. The van der Waals surface area contributed by atoms with Gasteiger partial charge >= 0.3 is 41.5 Å². The van der Waals surface area contributed by atoms with E-state index in [4.69, 9.17) is 5.11 Å². The van der Waals surface area contributed by atoms with E-state index in [0.717, 1.165) is 6.08 Å². The second-order valence-electron chi connectivity index (χ2n) is 3.28. The molecule has 0 spiro atoms. The van der Waals surface area contributed by atoms with Gasteiger partial charge in [0.15, 0.2) is 6.04 Å². The number of nitrogens with one attached hydrogen (secondary N) is 1. The number of aliphatic carboxylic acids is 1. The maximum Gasteiger partial charge on any atom is 1.00 e. The monoisotopic (exact) mass is 255 g/mol. The first-order valence-electron chi connectivity index (χ1n) is 4.91. The van der Waals surface area contributed by atoms with E-state index >= 15 is 0 Å². The summed E-state index contributed by atoms with van der Waals surface area (Å²) in [5.41, 5.74) is 0.326. The van der Waals surface area contributed by atoms with Crippen molar-refractivity contribution in [3.8, 4) is 0 Å². The Balaban J connectivity index is -0.00000112. The fourth-order valence-electron chi connectivity index (χ4n) is 1.04. The van der Waals surface area contributed by atoms with Crippen molar-refractivity contribution in [3.05, 3.63) is 11.8 Å². The maximum atomic E-state index is 11.0. The van der Waals surface area contributed by atoms with Gasteiger partial charge in [-0.15, -0.1) is 0 Å². The predicted octanol–water partition coefficient (Wildman–Crippen LogP) is -3.01. The number of aliphatic hydroxyl groups excluding tert-OH is 1. The minimum Gasteiger partial charge on any atom is -1.00 e. The number of hydrogen-bond acceptors (Lipinski definition) is 5. The number of allylic oxidation sites excluding steroid dienone is 1. The number of esters is 1. The van der Waals surface area contributed by atoms with E-state index in [9.17, 15) is 14.7 Å². The molecule has 0 aromatic rings. The average molecular weight is 255 g/mol. The van der Waals surface area contributed by atoms with E-state index in [1.54, 1.807) is 6.92 Å². The van der Waals surface area contributed by atoms with E-state index in [1.807, 2.05) is 0 Å². The number of rotatable bonds is 6. The van der Waals surface area contributed by atoms with Gasteiger partial charge in [0, 0.05) is 11.8 Å². The molecule has 0 rings (SSSR count). The Morgan fingerprint density at radius 3 is 2.41 bits per heavy atom. The van der Waals surface area contributed by atoms with Gasteiger partial charge in [0.1, 0.15) is 0 Å². The average Bonchev–Trinajstić information content (AvgIpc) is 2.13. The van der Waals surface area contributed by atoms with Gasteiger partial charge in [0.05, 0.1) is 12.7 Å². The molecule has 0 amide bonds. The fraction of sp³-hybridized carbons (Fsp3) is 0.600. The number of carbonyl (C=O) groups excluding carboxylic acids is 1. The van der Waals surface area contributed by atoms with Crippen LogP contribution in [-0.2, 0) is 14.3 Å². The summed E-state index contributed by atoms with van der Waals surface area (Å²) in [6, 6.07) is -1.15. The smallest absolute Gasteiger partial charge is 1.00 e. The molecule has 0 aliphatic heterocycles. The fourth-order valence-corrected chi connectivity index (χ4v) is 1.04. The predicted molar refractivity (Wildman–Crippen MR) is 57.7 cm³/mol. The summed E-state index contributed by atoms with van der Waals surface area (Å²) < 4.78 is 4.65. The second-order valence-corrected chi connectivity index (χ2v) is 3.28.